The lowest BCUT2D eigenvalue weighted by Gasteiger charge is -2.19. The van der Waals surface area contributed by atoms with E-state index in [4.69, 9.17) is 9.47 Å². The van der Waals surface area contributed by atoms with Gasteiger partial charge in [-0.1, -0.05) is 0 Å². The van der Waals surface area contributed by atoms with Crippen LogP contribution < -0.4 is 10.2 Å². The van der Waals surface area contributed by atoms with E-state index in [1.54, 1.807) is 12.4 Å². The highest BCUT2D eigenvalue weighted by Crippen LogP contribution is 2.24. The molecule has 2 atom stereocenters. The van der Waals surface area contributed by atoms with Gasteiger partial charge in [-0.15, -0.1) is 0 Å². The predicted molar refractivity (Wildman–Crippen MR) is 96.7 cm³/mol. The first-order chi connectivity index (χ1) is 13.2. The van der Waals surface area contributed by atoms with Crippen LogP contribution in [0.15, 0.2) is 36.9 Å². The highest BCUT2D eigenvalue weighted by atomic mass is 16.6. The number of methoxy groups -OCH3 is 1. The van der Waals surface area contributed by atoms with E-state index < -0.39 is 5.97 Å². The molecular formula is C18H21N5O4. The molecule has 1 N–H and O–H groups in total. The van der Waals surface area contributed by atoms with Gasteiger partial charge in [-0.05, 0) is 12.1 Å². The van der Waals surface area contributed by atoms with E-state index in [1.807, 2.05) is 17.0 Å². The third-order valence-corrected chi connectivity index (χ3v) is 4.61. The molecule has 2 aliphatic rings. The summed E-state index contributed by atoms with van der Waals surface area (Å²) in [4.78, 5) is 26.1. The van der Waals surface area contributed by atoms with E-state index in [2.05, 4.69) is 25.0 Å². The van der Waals surface area contributed by atoms with Crippen molar-refractivity contribution in [3.05, 3.63) is 42.5 Å². The summed E-state index contributed by atoms with van der Waals surface area (Å²) in [6.07, 6.45) is 6.37. The lowest BCUT2D eigenvalue weighted by atomic mass is 10.3. The monoisotopic (exact) mass is 371 g/mol. The molecule has 4 rings (SSSR count). The van der Waals surface area contributed by atoms with E-state index in [1.165, 1.54) is 19.5 Å². The van der Waals surface area contributed by atoms with Crippen LogP contribution >= 0.6 is 0 Å². The van der Waals surface area contributed by atoms with Gasteiger partial charge in [0, 0.05) is 37.9 Å². The predicted octanol–water partition coefficient (Wildman–Crippen LogP) is 0.743. The number of fused-ring (bicyclic) bond motifs is 1. The van der Waals surface area contributed by atoms with E-state index in [-0.39, 0.29) is 18.2 Å². The number of ether oxygens (including phenoxy) is 3. The van der Waals surface area contributed by atoms with Crippen molar-refractivity contribution in [2.24, 2.45) is 0 Å². The van der Waals surface area contributed by atoms with E-state index in [9.17, 15) is 4.79 Å². The van der Waals surface area contributed by atoms with Gasteiger partial charge in [0.15, 0.2) is 0 Å². The highest BCUT2D eigenvalue weighted by Gasteiger charge is 2.38. The maximum absolute atomic E-state index is 11.5. The largest absolute Gasteiger partial charge is 0.465 e. The third-order valence-electron chi connectivity index (χ3n) is 4.61. The van der Waals surface area contributed by atoms with Crippen LogP contribution in [0.4, 0.5) is 11.6 Å². The lowest BCUT2D eigenvalue weighted by Crippen LogP contribution is -2.31. The Hall–Kier alpha value is -2.78. The normalized spacial score (nSPS) is 22.8. The molecule has 2 aromatic heterocycles. The summed E-state index contributed by atoms with van der Waals surface area (Å²) in [6.45, 7) is 2.38. The molecule has 2 saturated heterocycles. The second kappa shape index (κ2) is 7.85. The molecule has 0 saturated carbocycles. The van der Waals surface area contributed by atoms with E-state index in [0.29, 0.717) is 37.8 Å². The van der Waals surface area contributed by atoms with Crippen LogP contribution in [0.25, 0.3) is 0 Å². The van der Waals surface area contributed by atoms with Crippen molar-refractivity contribution in [2.75, 3.05) is 43.6 Å². The average Bonchev–Trinajstić information content (AvgIpc) is 3.04. The van der Waals surface area contributed by atoms with Crippen molar-refractivity contribution >= 4 is 17.6 Å². The summed E-state index contributed by atoms with van der Waals surface area (Å²) in [7, 11) is 1.33. The molecule has 0 spiro atoms. The summed E-state index contributed by atoms with van der Waals surface area (Å²) >= 11 is 0. The van der Waals surface area contributed by atoms with Crippen LogP contribution in [0.3, 0.4) is 0 Å². The summed E-state index contributed by atoms with van der Waals surface area (Å²) in [5.74, 6) is 0.0971. The molecule has 0 amide bonds. The minimum Gasteiger partial charge on any atom is -0.465 e. The van der Waals surface area contributed by atoms with Crippen LogP contribution in [0.1, 0.15) is 10.4 Å². The van der Waals surface area contributed by atoms with Gasteiger partial charge in [0.25, 0.3) is 0 Å². The molecule has 0 radical (unpaired) electrons. The Morgan fingerprint density at radius 2 is 1.89 bits per heavy atom. The first kappa shape index (κ1) is 17.6. The number of hydrogen-bond donors (Lipinski definition) is 1. The minimum atomic E-state index is -0.452. The molecule has 2 aromatic rings. The molecular weight excluding hydrogens is 350 g/mol. The first-order valence-electron chi connectivity index (χ1n) is 8.78. The molecule has 142 valence electrons. The van der Waals surface area contributed by atoms with Crippen molar-refractivity contribution in [3.63, 3.8) is 0 Å². The Balaban J connectivity index is 1.34. The number of aromatic nitrogens is 3. The topological polar surface area (TPSA) is 98.7 Å². The van der Waals surface area contributed by atoms with Crippen LogP contribution in [-0.4, -0.2) is 72.6 Å². The Morgan fingerprint density at radius 3 is 2.48 bits per heavy atom. The second-order valence-corrected chi connectivity index (χ2v) is 6.49. The lowest BCUT2D eigenvalue weighted by molar-refractivity contribution is -0.00461. The van der Waals surface area contributed by atoms with Crippen LogP contribution in [-0.2, 0) is 14.2 Å². The molecule has 0 unspecified atom stereocenters. The summed E-state index contributed by atoms with van der Waals surface area (Å²) in [5.41, 5.74) is 1.27. The molecule has 2 fully saturated rings. The molecule has 9 heteroatoms. The molecule has 4 heterocycles. The van der Waals surface area contributed by atoms with Gasteiger partial charge < -0.3 is 24.4 Å². The number of anilines is 2. The van der Waals surface area contributed by atoms with Crippen molar-refractivity contribution in [3.8, 4) is 0 Å². The van der Waals surface area contributed by atoms with Gasteiger partial charge in [0.05, 0.1) is 37.6 Å². The Bertz CT molecular complexity index is 757. The highest BCUT2D eigenvalue weighted by molar-refractivity contribution is 5.88. The first-order valence-corrected chi connectivity index (χ1v) is 8.78. The van der Waals surface area contributed by atoms with Gasteiger partial charge in [-0.2, -0.15) is 0 Å². The maximum Gasteiger partial charge on any atom is 0.341 e. The number of nitrogens with one attached hydrogen (secondary N) is 1. The fourth-order valence-electron chi connectivity index (χ4n) is 3.23. The SMILES string of the molecule is COC(=O)c1cnc(N2C[C@@H]3OCC(Nc4cccnc4)CO[C@H]3C2)nc1. The smallest absolute Gasteiger partial charge is 0.341 e. The molecule has 27 heavy (non-hydrogen) atoms. The van der Waals surface area contributed by atoms with Crippen LogP contribution in [0, 0.1) is 0 Å². The molecule has 9 nitrogen and oxygen atoms in total. The van der Waals surface area contributed by atoms with Gasteiger partial charge >= 0.3 is 5.97 Å². The van der Waals surface area contributed by atoms with Gasteiger partial charge in [-0.25, -0.2) is 14.8 Å². The van der Waals surface area contributed by atoms with Gasteiger partial charge in [0.2, 0.25) is 5.95 Å². The van der Waals surface area contributed by atoms with Crippen molar-refractivity contribution < 1.29 is 19.0 Å². The third kappa shape index (κ3) is 3.99. The quantitative estimate of drug-likeness (QED) is 0.780. The number of esters is 1. The maximum atomic E-state index is 11.5. The second-order valence-electron chi connectivity index (χ2n) is 6.49. The van der Waals surface area contributed by atoms with Crippen molar-refractivity contribution in [1.82, 2.24) is 15.0 Å². The zero-order chi connectivity index (χ0) is 18.6. The molecule has 0 aliphatic carbocycles. The zero-order valence-electron chi connectivity index (χ0n) is 14.9. The minimum absolute atomic E-state index is 0.0467. The summed E-state index contributed by atoms with van der Waals surface area (Å²) in [6, 6.07) is 3.93. The van der Waals surface area contributed by atoms with Crippen molar-refractivity contribution in [1.29, 1.82) is 0 Å². The number of carbonyl (C=O) groups is 1. The Morgan fingerprint density at radius 1 is 1.19 bits per heavy atom. The average molecular weight is 371 g/mol. The summed E-state index contributed by atoms with van der Waals surface area (Å²) in [5, 5.41) is 3.38. The Labute approximate surface area is 156 Å². The fraction of sp³-hybridized carbons (Fsp3) is 0.444. The van der Waals surface area contributed by atoms with Crippen molar-refractivity contribution in [2.45, 2.75) is 18.2 Å². The van der Waals surface area contributed by atoms with Crippen LogP contribution in [0.2, 0.25) is 0 Å². The number of nitrogens with zero attached hydrogens (tertiary/aromatic N) is 4. The van der Waals surface area contributed by atoms with Gasteiger partial charge in [0.1, 0.15) is 12.2 Å². The Kier molecular flexibility index (Phi) is 5.12. The number of carbonyl (C=O) groups excluding carboxylic acids is 1. The zero-order valence-corrected chi connectivity index (χ0v) is 14.9. The standard InChI is InChI=1S/C18H21N5O4/c1-25-17(24)12-5-20-18(21-6-12)23-8-15-16(9-23)27-11-14(10-26-15)22-13-3-2-4-19-7-13/h2-7,14-16,22H,8-11H2,1H3/t15-,16-/m0/s1. The summed E-state index contributed by atoms with van der Waals surface area (Å²) < 4.78 is 16.8. The van der Waals surface area contributed by atoms with E-state index >= 15 is 0 Å². The number of hydrogen-bond acceptors (Lipinski definition) is 9. The number of pyridine rings is 1. The number of rotatable bonds is 4. The fourth-order valence-corrected chi connectivity index (χ4v) is 3.23. The molecule has 0 bridgehead atoms. The van der Waals surface area contributed by atoms with E-state index in [0.717, 1.165) is 5.69 Å². The van der Waals surface area contributed by atoms with Gasteiger partial charge in [-0.3, -0.25) is 4.98 Å². The van der Waals surface area contributed by atoms with Crippen LogP contribution in [0.5, 0.6) is 0 Å². The molecule has 0 aromatic carbocycles. The molecule has 2 aliphatic heterocycles.